The molecular formula is C15H23FN2. The van der Waals surface area contributed by atoms with Gasteiger partial charge in [-0.3, -0.25) is 0 Å². The average Bonchev–Trinajstić information content (AvgIpc) is 2.30. The molecule has 0 spiro atoms. The van der Waals surface area contributed by atoms with Crippen LogP contribution in [0, 0.1) is 11.7 Å². The van der Waals surface area contributed by atoms with E-state index in [1.54, 1.807) is 12.1 Å². The van der Waals surface area contributed by atoms with E-state index in [0.717, 1.165) is 49.5 Å². The molecular weight excluding hydrogens is 227 g/mol. The highest BCUT2D eigenvalue weighted by molar-refractivity contribution is 5.55. The molecule has 18 heavy (non-hydrogen) atoms. The maximum Gasteiger partial charge on any atom is 0.146 e. The summed E-state index contributed by atoms with van der Waals surface area (Å²) in [6, 6.07) is 5.40. The SMILES string of the molecule is CC(N)Cc1cccc(F)c1N1CCC(C)CC1. The van der Waals surface area contributed by atoms with Crippen molar-refractivity contribution in [1.82, 2.24) is 0 Å². The van der Waals surface area contributed by atoms with E-state index in [2.05, 4.69) is 11.8 Å². The minimum absolute atomic E-state index is 0.0641. The first-order valence-corrected chi connectivity index (χ1v) is 6.86. The van der Waals surface area contributed by atoms with Gasteiger partial charge in [0.2, 0.25) is 0 Å². The van der Waals surface area contributed by atoms with Crippen LogP contribution >= 0.6 is 0 Å². The van der Waals surface area contributed by atoms with Crippen molar-refractivity contribution in [3.8, 4) is 0 Å². The lowest BCUT2D eigenvalue weighted by molar-refractivity contribution is 0.433. The monoisotopic (exact) mass is 250 g/mol. The number of piperidine rings is 1. The van der Waals surface area contributed by atoms with E-state index in [4.69, 9.17) is 5.73 Å². The van der Waals surface area contributed by atoms with Crippen molar-refractivity contribution in [2.45, 2.75) is 39.2 Å². The summed E-state index contributed by atoms with van der Waals surface area (Å²) >= 11 is 0. The predicted octanol–water partition coefficient (Wildman–Crippen LogP) is 2.95. The molecule has 100 valence electrons. The summed E-state index contributed by atoms with van der Waals surface area (Å²) in [7, 11) is 0. The molecule has 0 amide bonds. The summed E-state index contributed by atoms with van der Waals surface area (Å²) in [5, 5.41) is 0. The van der Waals surface area contributed by atoms with Crippen LogP contribution in [0.1, 0.15) is 32.3 Å². The van der Waals surface area contributed by atoms with Gasteiger partial charge >= 0.3 is 0 Å². The zero-order valence-electron chi connectivity index (χ0n) is 11.3. The smallest absolute Gasteiger partial charge is 0.146 e. The van der Waals surface area contributed by atoms with Crippen molar-refractivity contribution >= 4 is 5.69 Å². The van der Waals surface area contributed by atoms with E-state index in [1.165, 1.54) is 0 Å². The summed E-state index contributed by atoms with van der Waals surface area (Å²) in [4.78, 5) is 2.19. The van der Waals surface area contributed by atoms with Gasteiger partial charge in [-0.25, -0.2) is 4.39 Å². The molecule has 0 saturated carbocycles. The molecule has 0 aliphatic carbocycles. The van der Waals surface area contributed by atoms with Gasteiger partial charge in [0.05, 0.1) is 5.69 Å². The van der Waals surface area contributed by atoms with E-state index < -0.39 is 0 Å². The van der Waals surface area contributed by atoms with E-state index in [-0.39, 0.29) is 11.9 Å². The lowest BCUT2D eigenvalue weighted by Crippen LogP contribution is -2.34. The van der Waals surface area contributed by atoms with Gasteiger partial charge in [-0.15, -0.1) is 0 Å². The highest BCUT2D eigenvalue weighted by Crippen LogP contribution is 2.29. The number of nitrogens with zero attached hydrogens (tertiary/aromatic N) is 1. The van der Waals surface area contributed by atoms with Crippen LogP contribution < -0.4 is 10.6 Å². The molecule has 1 unspecified atom stereocenters. The molecule has 0 bridgehead atoms. The Balaban J connectivity index is 2.24. The van der Waals surface area contributed by atoms with Crippen LogP contribution in [0.25, 0.3) is 0 Å². The number of rotatable bonds is 3. The second kappa shape index (κ2) is 5.70. The third kappa shape index (κ3) is 3.02. The van der Waals surface area contributed by atoms with E-state index in [0.29, 0.717) is 0 Å². The molecule has 2 rings (SSSR count). The van der Waals surface area contributed by atoms with Crippen LogP contribution in [0.4, 0.5) is 10.1 Å². The van der Waals surface area contributed by atoms with Crippen molar-refractivity contribution in [2.75, 3.05) is 18.0 Å². The molecule has 3 heteroatoms. The second-order valence-corrected chi connectivity index (χ2v) is 5.60. The second-order valence-electron chi connectivity index (χ2n) is 5.60. The van der Waals surface area contributed by atoms with E-state index >= 15 is 0 Å². The van der Waals surface area contributed by atoms with Crippen LogP contribution in [0.2, 0.25) is 0 Å². The van der Waals surface area contributed by atoms with Crippen LogP contribution in [-0.4, -0.2) is 19.1 Å². The Morgan fingerprint density at radius 1 is 1.39 bits per heavy atom. The van der Waals surface area contributed by atoms with Crippen LogP contribution in [0.15, 0.2) is 18.2 Å². The molecule has 1 heterocycles. The lowest BCUT2D eigenvalue weighted by atomic mass is 9.97. The van der Waals surface area contributed by atoms with Gasteiger partial charge in [0.1, 0.15) is 5.82 Å². The molecule has 1 aliphatic rings. The van der Waals surface area contributed by atoms with Crippen molar-refractivity contribution in [3.63, 3.8) is 0 Å². The maximum atomic E-state index is 14.1. The highest BCUT2D eigenvalue weighted by Gasteiger charge is 2.21. The zero-order valence-corrected chi connectivity index (χ0v) is 11.3. The average molecular weight is 250 g/mol. The minimum Gasteiger partial charge on any atom is -0.369 e. The first-order valence-electron chi connectivity index (χ1n) is 6.86. The molecule has 2 nitrogen and oxygen atoms in total. The van der Waals surface area contributed by atoms with Gasteiger partial charge in [-0.05, 0) is 43.7 Å². The zero-order chi connectivity index (χ0) is 13.1. The third-order valence-electron chi connectivity index (χ3n) is 3.71. The standard InChI is InChI=1S/C15H23FN2/c1-11-6-8-18(9-7-11)15-13(10-12(2)17)4-3-5-14(15)16/h3-5,11-12H,6-10,17H2,1-2H3. The van der Waals surface area contributed by atoms with Crippen molar-refractivity contribution in [3.05, 3.63) is 29.6 Å². The van der Waals surface area contributed by atoms with E-state index in [9.17, 15) is 4.39 Å². The fourth-order valence-corrected chi connectivity index (χ4v) is 2.66. The molecule has 1 aromatic carbocycles. The Bertz CT molecular complexity index is 395. The number of halogens is 1. The molecule has 0 radical (unpaired) electrons. The Hall–Kier alpha value is -1.09. The highest BCUT2D eigenvalue weighted by atomic mass is 19.1. The molecule has 0 aromatic heterocycles. The summed E-state index contributed by atoms with van der Waals surface area (Å²) in [5.41, 5.74) is 7.67. The Labute approximate surface area is 109 Å². The Morgan fingerprint density at radius 3 is 2.67 bits per heavy atom. The Kier molecular flexibility index (Phi) is 4.23. The van der Waals surface area contributed by atoms with Crippen LogP contribution in [0.5, 0.6) is 0 Å². The first kappa shape index (κ1) is 13.3. The van der Waals surface area contributed by atoms with Crippen molar-refractivity contribution in [2.24, 2.45) is 11.7 Å². The lowest BCUT2D eigenvalue weighted by Gasteiger charge is -2.34. The molecule has 1 saturated heterocycles. The summed E-state index contributed by atoms with van der Waals surface area (Å²) in [5.74, 6) is 0.646. The summed E-state index contributed by atoms with van der Waals surface area (Å²) < 4.78 is 14.1. The van der Waals surface area contributed by atoms with Gasteiger partial charge in [-0.1, -0.05) is 19.1 Å². The van der Waals surface area contributed by atoms with Crippen LogP contribution in [0.3, 0.4) is 0 Å². The minimum atomic E-state index is -0.109. The molecule has 1 aromatic rings. The number of para-hydroxylation sites is 1. The summed E-state index contributed by atoms with van der Waals surface area (Å²) in [6.45, 7) is 6.14. The fraction of sp³-hybridized carbons (Fsp3) is 0.600. The fourth-order valence-electron chi connectivity index (χ4n) is 2.66. The van der Waals surface area contributed by atoms with Crippen LogP contribution in [-0.2, 0) is 6.42 Å². The molecule has 1 aliphatic heterocycles. The van der Waals surface area contributed by atoms with E-state index in [1.807, 2.05) is 13.0 Å². The quantitative estimate of drug-likeness (QED) is 0.893. The van der Waals surface area contributed by atoms with Crippen molar-refractivity contribution < 1.29 is 4.39 Å². The molecule has 1 atom stereocenters. The predicted molar refractivity (Wildman–Crippen MR) is 74.4 cm³/mol. The Morgan fingerprint density at radius 2 is 2.06 bits per heavy atom. The maximum absolute atomic E-state index is 14.1. The van der Waals surface area contributed by atoms with Gasteiger partial charge in [0, 0.05) is 19.1 Å². The normalized spacial score (nSPS) is 19.0. The topological polar surface area (TPSA) is 29.3 Å². The number of benzene rings is 1. The number of anilines is 1. The largest absolute Gasteiger partial charge is 0.369 e. The molecule has 2 N–H and O–H groups in total. The van der Waals surface area contributed by atoms with Crippen molar-refractivity contribution in [1.29, 1.82) is 0 Å². The molecule has 1 fully saturated rings. The van der Waals surface area contributed by atoms with Gasteiger partial charge in [0.15, 0.2) is 0 Å². The number of nitrogens with two attached hydrogens (primary N) is 1. The summed E-state index contributed by atoms with van der Waals surface area (Å²) in [6.07, 6.45) is 3.02. The number of hydrogen-bond acceptors (Lipinski definition) is 2. The van der Waals surface area contributed by atoms with Gasteiger partial charge < -0.3 is 10.6 Å². The number of hydrogen-bond donors (Lipinski definition) is 1. The third-order valence-corrected chi connectivity index (χ3v) is 3.71. The van der Waals surface area contributed by atoms with Gasteiger partial charge in [-0.2, -0.15) is 0 Å². The first-order chi connectivity index (χ1) is 8.58. The van der Waals surface area contributed by atoms with Gasteiger partial charge in [0.25, 0.3) is 0 Å².